The normalized spacial score (nSPS) is 20.1. The van der Waals surface area contributed by atoms with Gasteiger partial charge < -0.3 is 10.6 Å². The van der Waals surface area contributed by atoms with Crippen molar-refractivity contribution in [3.05, 3.63) is 83.6 Å². The van der Waals surface area contributed by atoms with Crippen LogP contribution in [0.15, 0.2) is 66.9 Å². The maximum atomic E-state index is 13.0. The first-order valence-corrected chi connectivity index (χ1v) is 8.43. The zero-order valence-corrected chi connectivity index (χ0v) is 14.5. The van der Waals surface area contributed by atoms with E-state index in [4.69, 9.17) is 0 Å². The second-order valence-electron chi connectivity index (χ2n) is 6.63. The van der Waals surface area contributed by atoms with E-state index in [1.54, 1.807) is 12.1 Å². The van der Waals surface area contributed by atoms with Gasteiger partial charge in [0.05, 0.1) is 12.0 Å². The number of Topliss-reactive ketones (excluding diaryl/α,β-unsaturated/α-hetero) is 1. The van der Waals surface area contributed by atoms with Gasteiger partial charge in [-0.15, -0.1) is 0 Å². The Morgan fingerprint density at radius 1 is 1.04 bits per heavy atom. The zero-order chi connectivity index (χ0) is 18.0. The lowest BCUT2D eigenvalue weighted by Gasteiger charge is -2.34. The van der Waals surface area contributed by atoms with Gasteiger partial charge in [-0.25, -0.2) is 4.79 Å². The molecule has 0 unspecified atom stereocenters. The van der Waals surface area contributed by atoms with E-state index in [1.165, 1.54) is 5.56 Å². The quantitative estimate of drug-likeness (QED) is 0.824. The van der Waals surface area contributed by atoms with Crippen LogP contribution in [0.2, 0.25) is 0 Å². The number of rotatable bonds is 4. The van der Waals surface area contributed by atoms with E-state index in [9.17, 15) is 9.59 Å². The topological polar surface area (TPSA) is 58.2 Å². The summed E-state index contributed by atoms with van der Waals surface area (Å²) in [5.41, 5.74) is 3.15. The number of benzene rings is 2. The smallest absolute Gasteiger partial charge is 0.319 e. The molecule has 1 fully saturated rings. The molecule has 1 aliphatic rings. The summed E-state index contributed by atoms with van der Waals surface area (Å²) in [6.45, 7) is 8.18. The molecule has 2 N–H and O–H groups in total. The number of ketones is 1. The van der Waals surface area contributed by atoms with Crippen molar-refractivity contribution in [3.8, 4) is 0 Å². The molecule has 2 amide bonds. The molecule has 0 aliphatic carbocycles. The number of amides is 2. The summed E-state index contributed by atoms with van der Waals surface area (Å²) >= 11 is 0. The molecule has 0 spiro atoms. The summed E-state index contributed by atoms with van der Waals surface area (Å²) in [5.74, 6) is -0.186. The molecule has 128 valence electrons. The number of urea groups is 1. The van der Waals surface area contributed by atoms with E-state index in [0.29, 0.717) is 17.2 Å². The molecule has 1 saturated heterocycles. The Balaban J connectivity index is 1.97. The van der Waals surface area contributed by atoms with Gasteiger partial charge in [-0.2, -0.15) is 0 Å². The van der Waals surface area contributed by atoms with Crippen LogP contribution >= 0.6 is 0 Å². The predicted octanol–water partition coefficient (Wildman–Crippen LogP) is 4.18. The molecule has 4 nitrogen and oxygen atoms in total. The summed E-state index contributed by atoms with van der Waals surface area (Å²) in [6, 6.07) is 16.4. The van der Waals surface area contributed by atoms with E-state index in [1.807, 2.05) is 42.5 Å². The Labute approximate surface area is 148 Å². The van der Waals surface area contributed by atoms with Crippen LogP contribution in [0.3, 0.4) is 0 Å². The average molecular weight is 334 g/mol. The summed E-state index contributed by atoms with van der Waals surface area (Å²) in [4.78, 5) is 25.0. The average Bonchev–Trinajstić information content (AvgIpc) is 2.61. The fourth-order valence-electron chi connectivity index (χ4n) is 3.14. The van der Waals surface area contributed by atoms with E-state index >= 15 is 0 Å². The summed E-state index contributed by atoms with van der Waals surface area (Å²) in [6.07, 6.45) is 0. The Morgan fingerprint density at radius 3 is 2.28 bits per heavy atom. The number of carbonyl (C=O) groups excluding carboxylic acids is 2. The van der Waals surface area contributed by atoms with Gasteiger partial charge in [-0.05, 0) is 17.0 Å². The minimum absolute atomic E-state index is 0.0592. The third-order valence-electron chi connectivity index (χ3n) is 4.57. The minimum Gasteiger partial charge on any atom is -0.330 e. The largest absolute Gasteiger partial charge is 0.330 e. The molecule has 0 saturated carbocycles. The fourth-order valence-corrected chi connectivity index (χ4v) is 3.14. The van der Waals surface area contributed by atoms with E-state index in [0.717, 1.165) is 5.56 Å². The van der Waals surface area contributed by atoms with Gasteiger partial charge >= 0.3 is 6.03 Å². The molecule has 2 aromatic carbocycles. The lowest BCUT2D eigenvalue weighted by molar-refractivity contribution is 0.0905. The molecule has 25 heavy (non-hydrogen) atoms. The van der Waals surface area contributed by atoms with Crippen LogP contribution in [0.25, 0.3) is 0 Å². The van der Waals surface area contributed by atoms with Gasteiger partial charge in [-0.3, -0.25) is 4.79 Å². The maximum absolute atomic E-state index is 13.0. The lowest BCUT2D eigenvalue weighted by atomic mass is 9.83. The monoisotopic (exact) mass is 334 g/mol. The molecule has 3 rings (SSSR count). The molecular weight excluding hydrogens is 312 g/mol. The summed E-state index contributed by atoms with van der Waals surface area (Å²) in [5, 5.41) is 5.52. The highest BCUT2D eigenvalue weighted by Crippen LogP contribution is 2.32. The first-order chi connectivity index (χ1) is 12.0. The van der Waals surface area contributed by atoms with Gasteiger partial charge in [-0.1, -0.05) is 75.0 Å². The van der Waals surface area contributed by atoms with Crippen molar-refractivity contribution in [2.24, 2.45) is 5.92 Å². The van der Waals surface area contributed by atoms with Gasteiger partial charge in [0.25, 0.3) is 0 Å². The van der Waals surface area contributed by atoms with Gasteiger partial charge in [0, 0.05) is 11.3 Å². The van der Waals surface area contributed by atoms with Gasteiger partial charge in [0.15, 0.2) is 5.78 Å². The van der Waals surface area contributed by atoms with Crippen molar-refractivity contribution in [2.75, 3.05) is 0 Å². The van der Waals surface area contributed by atoms with Gasteiger partial charge in [0.1, 0.15) is 0 Å². The van der Waals surface area contributed by atoms with Crippen molar-refractivity contribution in [1.82, 2.24) is 10.6 Å². The highest BCUT2D eigenvalue weighted by atomic mass is 16.2. The number of nitrogens with one attached hydrogen (secondary N) is 2. The SMILES string of the molecule is C=C1NC(=O)N[C@@H](c2ccc(C(C)C)cc2)[C@@H]1C(=O)c1ccccc1. The molecule has 0 bridgehead atoms. The van der Waals surface area contributed by atoms with Gasteiger partial charge in [0.2, 0.25) is 0 Å². The number of hydrogen-bond acceptors (Lipinski definition) is 2. The number of hydrogen-bond donors (Lipinski definition) is 2. The van der Waals surface area contributed by atoms with Crippen molar-refractivity contribution >= 4 is 11.8 Å². The first-order valence-electron chi connectivity index (χ1n) is 8.43. The van der Waals surface area contributed by atoms with Crippen LogP contribution in [0, 0.1) is 5.92 Å². The third-order valence-corrected chi connectivity index (χ3v) is 4.57. The zero-order valence-electron chi connectivity index (χ0n) is 14.5. The second kappa shape index (κ2) is 6.93. The van der Waals surface area contributed by atoms with Crippen molar-refractivity contribution < 1.29 is 9.59 Å². The van der Waals surface area contributed by atoms with Crippen LogP contribution in [0.5, 0.6) is 0 Å². The first kappa shape index (κ1) is 17.0. The molecule has 0 aromatic heterocycles. The third kappa shape index (κ3) is 3.48. The minimum atomic E-state index is -0.551. The van der Waals surface area contributed by atoms with Crippen LogP contribution in [-0.4, -0.2) is 11.8 Å². The standard InChI is InChI=1S/C21H22N2O2/c1-13(2)15-9-11-16(12-10-15)19-18(14(3)22-21(25)23-19)20(24)17-7-5-4-6-8-17/h4-13,18-19H,3H2,1-2H3,(H2,22,23,25)/t18-,19+/m1/s1. The lowest BCUT2D eigenvalue weighted by Crippen LogP contribution is -2.50. The van der Waals surface area contributed by atoms with Crippen LogP contribution in [0.4, 0.5) is 4.79 Å². The molecular formula is C21H22N2O2. The van der Waals surface area contributed by atoms with Crippen LogP contribution in [0.1, 0.15) is 47.3 Å². The highest BCUT2D eigenvalue weighted by Gasteiger charge is 2.37. The Morgan fingerprint density at radius 2 is 1.68 bits per heavy atom. The fraction of sp³-hybridized carbons (Fsp3) is 0.238. The molecule has 1 aliphatic heterocycles. The molecule has 1 heterocycles. The Hall–Kier alpha value is -2.88. The molecule has 4 heteroatoms. The van der Waals surface area contributed by atoms with E-state index in [-0.39, 0.29) is 11.8 Å². The van der Waals surface area contributed by atoms with Crippen LogP contribution in [-0.2, 0) is 0 Å². The predicted molar refractivity (Wildman–Crippen MR) is 98.3 cm³/mol. The van der Waals surface area contributed by atoms with Crippen molar-refractivity contribution in [3.63, 3.8) is 0 Å². The van der Waals surface area contributed by atoms with Crippen molar-refractivity contribution in [1.29, 1.82) is 0 Å². The Bertz CT molecular complexity index is 794. The second-order valence-corrected chi connectivity index (χ2v) is 6.63. The van der Waals surface area contributed by atoms with Crippen LogP contribution < -0.4 is 10.6 Å². The van der Waals surface area contributed by atoms with E-state index in [2.05, 4.69) is 31.1 Å². The maximum Gasteiger partial charge on any atom is 0.319 e. The highest BCUT2D eigenvalue weighted by molar-refractivity contribution is 6.01. The van der Waals surface area contributed by atoms with Crippen molar-refractivity contribution in [2.45, 2.75) is 25.8 Å². The molecule has 2 atom stereocenters. The Kier molecular flexibility index (Phi) is 4.70. The molecule has 0 radical (unpaired) electrons. The summed E-state index contributed by atoms with van der Waals surface area (Å²) < 4.78 is 0. The summed E-state index contributed by atoms with van der Waals surface area (Å²) in [7, 11) is 0. The number of carbonyl (C=O) groups is 2. The molecule has 2 aromatic rings. The van der Waals surface area contributed by atoms with E-state index < -0.39 is 12.0 Å².